The van der Waals surface area contributed by atoms with Gasteiger partial charge in [-0.2, -0.15) is 0 Å². The lowest BCUT2D eigenvalue weighted by molar-refractivity contribution is 0.0503. The smallest absolute Gasteiger partial charge is 0.407 e. The molecule has 0 fully saturated rings. The summed E-state index contributed by atoms with van der Waals surface area (Å²) in [4.78, 5) is 11.9. The van der Waals surface area contributed by atoms with E-state index in [0.29, 0.717) is 12.5 Å². The number of amides is 1. The topological polar surface area (TPSA) is 50.4 Å². The molecule has 0 saturated carbocycles. The van der Waals surface area contributed by atoms with Gasteiger partial charge in [0, 0.05) is 18.6 Å². The molecule has 1 unspecified atom stereocenters. The van der Waals surface area contributed by atoms with Crippen LogP contribution in [0.1, 0.15) is 58.2 Å². The quantitative estimate of drug-likeness (QED) is 0.814. The second-order valence-corrected chi connectivity index (χ2v) is 8.21. The van der Waals surface area contributed by atoms with Crippen molar-refractivity contribution >= 4 is 6.09 Å². The minimum absolute atomic E-state index is 0.214. The first-order valence-corrected chi connectivity index (χ1v) is 8.71. The van der Waals surface area contributed by atoms with Crippen LogP contribution >= 0.6 is 0 Å². The van der Waals surface area contributed by atoms with Gasteiger partial charge in [0.2, 0.25) is 0 Å². The fraction of sp³-hybridized carbons (Fsp3) is 0.650. The van der Waals surface area contributed by atoms with Gasteiger partial charge in [0.1, 0.15) is 5.60 Å². The third-order valence-corrected chi connectivity index (χ3v) is 4.45. The van der Waals surface area contributed by atoms with E-state index in [1.54, 1.807) is 0 Å². The van der Waals surface area contributed by atoms with Crippen LogP contribution in [0, 0.1) is 19.8 Å². The van der Waals surface area contributed by atoms with Crippen LogP contribution < -0.4 is 10.6 Å². The molecule has 4 nitrogen and oxygen atoms in total. The molecule has 0 aliphatic carbocycles. The fourth-order valence-corrected chi connectivity index (χ4v) is 2.38. The number of hydrogen-bond acceptors (Lipinski definition) is 3. The van der Waals surface area contributed by atoms with E-state index in [-0.39, 0.29) is 11.6 Å². The number of aryl methyl sites for hydroxylation is 2. The Bertz CT molecular complexity index is 561. The molecule has 1 aromatic carbocycles. The molecule has 0 bridgehead atoms. The summed E-state index contributed by atoms with van der Waals surface area (Å²) in [6.07, 6.45) is -0.373. The van der Waals surface area contributed by atoms with Crippen LogP contribution in [0.5, 0.6) is 0 Å². The SMILES string of the molecule is Cc1ccc(CNC(C)(CNC(=O)OC(C)(C)C)C(C)C)c(C)c1. The lowest BCUT2D eigenvalue weighted by Gasteiger charge is -2.36. The molecular formula is C20H34N2O2. The van der Waals surface area contributed by atoms with Crippen LogP contribution in [0.2, 0.25) is 0 Å². The normalized spacial score (nSPS) is 14.4. The van der Waals surface area contributed by atoms with Gasteiger partial charge in [0.05, 0.1) is 0 Å². The van der Waals surface area contributed by atoms with Crippen LogP contribution in [-0.4, -0.2) is 23.8 Å². The van der Waals surface area contributed by atoms with Gasteiger partial charge in [-0.1, -0.05) is 37.6 Å². The molecule has 1 rings (SSSR count). The summed E-state index contributed by atoms with van der Waals surface area (Å²) in [7, 11) is 0. The van der Waals surface area contributed by atoms with Crippen LogP contribution in [0.25, 0.3) is 0 Å². The molecule has 0 aromatic heterocycles. The molecule has 24 heavy (non-hydrogen) atoms. The van der Waals surface area contributed by atoms with Gasteiger partial charge >= 0.3 is 6.09 Å². The number of benzene rings is 1. The predicted molar refractivity (Wildman–Crippen MR) is 100 cm³/mol. The van der Waals surface area contributed by atoms with Crippen molar-refractivity contribution in [3.8, 4) is 0 Å². The summed E-state index contributed by atoms with van der Waals surface area (Å²) in [6, 6.07) is 6.50. The van der Waals surface area contributed by atoms with E-state index >= 15 is 0 Å². The van der Waals surface area contributed by atoms with E-state index in [4.69, 9.17) is 4.74 Å². The zero-order valence-corrected chi connectivity index (χ0v) is 16.5. The first-order valence-electron chi connectivity index (χ1n) is 8.71. The molecule has 0 aliphatic heterocycles. The molecule has 1 amide bonds. The first-order chi connectivity index (χ1) is 10.9. The summed E-state index contributed by atoms with van der Waals surface area (Å²) in [5, 5.41) is 6.52. The van der Waals surface area contributed by atoms with Crippen molar-refractivity contribution in [2.24, 2.45) is 5.92 Å². The summed E-state index contributed by atoms with van der Waals surface area (Å²) < 4.78 is 5.33. The van der Waals surface area contributed by atoms with Gasteiger partial charge < -0.3 is 15.4 Å². The van der Waals surface area contributed by atoms with E-state index in [1.165, 1.54) is 16.7 Å². The third-order valence-electron chi connectivity index (χ3n) is 4.45. The third kappa shape index (κ3) is 6.52. The Morgan fingerprint density at radius 3 is 2.29 bits per heavy atom. The Labute approximate surface area is 147 Å². The van der Waals surface area contributed by atoms with Crippen molar-refractivity contribution in [3.63, 3.8) is 0 Å². The summed E-state index contributed by atoms with van der Waals surface area (Å²) >= 11 is 0. The van der Waals surface area contributed by atoms with E-state index in [2.05, 4.69) is 63.5 Å². The largest absolute Gasteiger partial charge is 0.444 e. The predicted octanol–water partition coefficient (Wildman–Crippen LogP) is 4.33. The second kappa shape index (κ2) is 8.02. The van der Waals surface area contributed by atoms with Crippen molar-refractivity contribution < 1.29 is 9.53 Å². The van der Waals surface area contributed by atoms with Gasteiger partial charge in [-0.25, -0.2) is 4.79 Å². The maximum absolute atomic E-state index is 11.9. The van der Waals surface area contributed by atoms with Crippen molar-refractivity contribution in [3.05, 3.63) is 34.9 Å². The number of hydrogen-bond donors (Lipinski definition) is 2. The zero-order chi connectivity index (χ0) is 18.5. The number of carbonyl (C=O) groups excluding carboxylic acids is 1. The maximum atomic E-state index is 11.9. The molecule has 0 heterocycles. The highest BCUT2D eigenvalue weighted by atomic mass is 16.6. The summed E-state index contributed by atoms with van der Waals surface area (Å²) in [5.41, 5.74) is 3.15. The Kier molecular flexibility index (Phi) is 6.85. The average molecular weight is 335 g/mol. The highest BCUT2D eigenvalue weighted by Crippen LogP contribution is 2.18. The van der Waals surface area contributed by atoms with E-state index in [9.17, 15) is 4.79 Å². The lowest BCUT2D eigenvalue weighted by atomic mass is 9.88. The Morgan fingerprint density at radius 2 is 1.79 bits per heavy atom. The number of alkyl carbamates (subject to hydrolysis) is 1. The monoisotopic (exact) mass is 334 g/mol. The average Bonchev–Trinajstić information content (AvgIpc) is 2.42. The highest BCUT2D eigenvalue weighted by Gasteiger charge is 2.29. The number of rotatable bonds is 6. The minimum Gasteiger partial charge on any atom is -0.444 e. The summed E-state index contributed by atoms with van der Waals surface area (Å²) in [5.74, 6) is 0.359. The van der Waals surface area contributed by atoms with Crippen molar-refractivity contribution in [1.29, 1.82) is 0 Å². The molecule has 1 atom stereocenters. The molecular weight excluding hydrogens is 300 g/mol. The second-order valence-electron chi connectivity index (χ2n) is 8.21. The van der Waals surface area contributed by atoms with Crippen molar-refractivity contribution in [1.82, 2.24) is 10.6 Å². The number of nitrogens with one attached hydrogen (secondary N) is 2. The lowest BCUT2D eigenvalue weighted by Crippen LogP contribution is -2.55. The molecule has 4 heteroatoms. The van der Waals surface area contributed by atoms with Crippen LogP contribution in [0.4, 0.5) is 4.79 Å². The first kappa shape index (κ1) is 20.5. The van der Waals surface area contributed by atoms with E-state index < -0.39 is 5.60 Å². The molecule has 0 radical (unpaired) electrons. The molecule has 0 aliphatic rings. The minimum atomic E-state index is -0.481. The molecule has 2 N–H and O–H groups in total. The Morgan fingerprint density at radius 1 is 1.17 bits per heavy atom. The molecule has 136 valence electrons. The van der Waals surface area contributed by atoms with Gasteiger partial charge in [0.25, 0.3) is 0 Å². The van der Waals surface area contributed by atoms with Crippen molar-refractivity contribution in [2.45, 2.75) is 73.1 Å². The van der Waals surface area contributed by atoms with Gasteiger partial charge in [-0.05, 0) is 58.6 Å². The maximum Gasteiger partial charge on any atom is 0.407 e. The Balaban J connectivity index is 2.69. The van der Waals surface area contributed by atoms with Gasteiger partial charge in [-0.3, -0.25) is 0 Å². The zero-order valence-electron chi connectivity index (χ0n) is 16.5. The van der Waals surface area contributed by atoms with Crippen LogP contribution in [0.15, 0.2) is 18.2 Å². The van der Waals surface area contributed by atoms with Gasteiger partial charge in [-0.15, -0.1) is 0 Å². The van der Waals surface area contributed by atoms with E-state index in [0.717, 1.165) is 6.54 Å². The number of ether oxygens (including phenoxy) is 1. The standard InChI is InChI=1S/C20H34N2O2/c1-14(2)20(8,13-21-18(23)24-19(5,6)7)22-12-17-10-9-15(3)11-16(17)4/h9-11,14,22H,12-13H2,1-8H3,(H,21,23). The summed E-state index contributed by atoms with van der Waals surface area (Å²) in [6.45, 7) is 17.6. The number of carbonyl (C=O) groups is 1. The molecule has 0 spiro atoms. The molecule has 1 aromatic rings. The fourth-order valence-electron chi connectivity index (χ4n) is 2.38. The Hall–Kier alpha value is -1.55. The van der Waals surface area contributed by atoms with Gasteiger partial charge in [0.15, 0.2) is 0 Å². The van der Waals surface area contributed by atoms with E-state index in [1.807, 2.05) is 20.8 Å². The van der Waals surface area contributed by atoms with Crippen molar-refractivity contribution in [2.75, 3.05) is 6.54 Å². The highest BCUT2D eigenvalue weighted by molar-refractivity contribution is 5.67. The van der Waals surface area contributed by atoms with Crippen LogP contribution in [-0.2, 0) is 11.3 Å². The van der Waals surface area contributed by atoms with Crippen LogP contribution in [0.3, 0.4) is 0 Å². The molecule has 0 saturated heterocycles.